The van der Waals surface area contributed by atoms with Crippen LogP contribution in [0.15, 0.2) is 54.7 Å². The second-order valence-electron chi connectivity index (χ2n) is 6.68. The Hall–Kier alpha value is -2.49. The summed E-state index contributed by atoms with van der Waals surface area (Å²) in [6.07, 6.45) is 10.8. The molecule has 1 aromatic carbocycles. The van der Waals surface area contributed by atoms with Crippen LogP contribution in [0.1, 0.15) is 51.9 Å². The van der Waals surface area contributed by atoms with Gasteiger partial charge in [-0.2, -0.15) is 5.10 Å². The van der Waals surface area contributed by atoms with Crippen LogP contribution in [-0.4, -0.2) is 19.7 Å². The summed E-state index contributed by atoms with van der Waals surface area (Å²) in [7, 11) is 0. The van der Waals surface area contributed by atoms with Crippen molar-refractivity contribution in [3.8, 4) is 22.9 Å². The molecule has 0 spiro atoms. The highest BCUT2D eigenvalue weighted by Crippen LogP contribution is 2.21. The van der Waals surface area contributed by atoms with Crippen molar-refractivity contribution >= 4 is 0 Å². The van der Waals surface area contributed by atoms with Crippen molar-refractivity contribution in [2.75, 3.05) is 0 Å². The van der Waals surface area contributed by atoms with Crippen molar-refractivity contribution in [3.63, 3.8) is 0 Å². The van der Waals surface area contributed by atoms with Gasteiger partial charge in [-0.05, 0) is 18.6 Å². The third-order valence-corrected chi connectivity index (χ3v) is 4.57. The first kappa shape index (κ1) is 18.3. The molecule has 0 saturated carbocycles. The van der Waals surface area contributed by atoms with Gasteiger partial charge in [-0.15, -0.1) is 0 Å². The molecule has 2 aromatic heterocycles. The maximum atomic E-state index is 4.78. The standard InChI is InChI=1S/C22H28N4/c1-2-3-4-5-6-7-13-18-26-22(20-16-11-12-17-23-20)24-21(25-26)19-14-9-8-10-15-19/h8-12,14-17H,2-7,13,18H2,1H3. The van der Waals surface area contributed by atoms with Crippen LogP contribution in [-0.2, 0) is 6.54 Å². The molecule has 3 aromatic rings. The van der Waals surface area contributed by atoms with Crippen molar-refractivity contribution in [1.29, 1.82) is 0 Å². The highest BCUT2D eigenvalue weighted by atomic mass is 15.3. The minimum atomic E-state index is 0.772. The van der Waals surface area contributed by atoms with Crippen LogP contribution in [0.2, 0.25) is 0 Å². The Kier molecular flexibility index (Phi) is 6.94. The van der Waals surface area contributed by atoms with Gasteiger partial charge in [0.25, 0.3) is 0 Å². The Morgan fingerprint density at radius 3 is 2.27 bits per heavy atom. The van der Waals surface area contributed by atoms with Crippen LogP contribution in [0.3, 0.4) is 0 Å². The van der Waals surface area contributed by atoms with Crippen molar-refractivity contribution in [2.45, 2.75) is 58.4 Å². The molecule has 136 valence electrons. The number of pyridine rings is 1. The van der Waals surface area contributed by atoms with E-state index in [9.17, 15) is 0 Å². The van der Waals surface area contributed by atoms with E-state index < -0.39 is 0 Å². The van der Waals surface area contributed by atoms with E-state index in [2.05, 4.69) is 24.0 Å². The second-order valence-corrected chi connectivity index (χ2v) is 6.68. The summed E-state index contributed by atoms with van der Waals surface area (Å²) < 4.78 is 2.02. The third kappa shape index (κ3) is 5.01. The third-order valence-electron chi connectivity index (χ3n) is 4.57. The Morgan fingerprint density at radius 1 is 0.808 bits per heavy atom. The van der Waals surface area contributed by atoms with Crippen molar-refractivity contribution in [1.82, 2.24) is 19.7 Å². The number of aryl methyl sites for hydroxylation is 1. The first-order valence-corrected chi connectivity index (χ1v) is 9.80. The summed E-state index contributed by atoms with van der Waals surface area (Å²) in [4.78, 5) is 9.25. The maximum absolute atomic E-state index is 4.78. The molecule has 3 rings (SSSR count). The zero-order valence-electron chi connectivity index (χ0n) is 15.6. The number of hydrogen-bond donors (Lipinski definition) is 0. The molecular weight excluding hydrogens is 320 g/mol. The summed E-state index contributed by atoms with van der Waals surface area (Å²) >= 11 is 0. The smallest absolute Gasteiger partial charge is 0.181 e. The van der Waals surface area contributed by atoms with E-state index in [1.165, 1.54) is 38.5 Å². The topological polar surface area (TPSA) is 43.6 Å². The molecular formula is C22H28N4. The molecule has 0 atom stereocenters. The maximum Gasteiger partial charge on any atom is 0.181 e. The Balaban J connectivity index is 1.70. The predicted molar refractivity (Wildman–Crippen MR) is 107 cm³/mol. The molecule has 0 bridgehead atoms. The fraction of sp³-hybridized carbons (Fsp3) is 0.409. The molecule has 0 aliphatic heterocycles. The minimum Gasteiger partial charge on any atom is -0.253 e. The first-order valence-electron chi connectivity index (χ1n) is 9.80. The lowest BCUT2D eigenvalue weighted by molar-refractivity contribution is 0.526. The van der Waals surface area contributed by atoms with Crippen molar-refractivity contribution in [3.05, 3.63) is 54.7 Å². The van der Waals surface area contributed by atoms with Gasteiger partial charge in [-0.1, -0.05) is 81.8 Å². The number of benzene rings is 1. The molecule has 26 heavy (non-hydrogen) atoms. The monoisotopic (exact) mass is 348 g/mol. The van der Waals surface area contributed by atoms with Gasteiger partial charge < -0.3 is 0 Å². The molecule has 0 amide bonds. The van der Waals surface area contributed by atoms with Gasteiger partial charge in [-0.25, -0.2) is 9.67 Å². The minimum absolute atomic E-state index is 0.772. The molecule has 0 aliphatic rings. The van der Waals surface area contributed by atoms with E-state index in [1.54, 1.807) is 0 Å². The molecule has 2 heterocycles. The normalized spacial score (nSPS) is 11.0. The predicted octanol–water partition coefficient (Wildman–Crippen LogP) is 5.76. The lowest BCUT2D eigenvalue weighted by atomic mass is 10.1. The van der Waals surface area contributed by atoms with Gasteiger partial charge in [0.05, 0.1) is 0 Å². The summed E-state index contributed by atoms with van der Waals surface area (Å²) in [6.45, 7) is 3.15. The highest BCUT2D eigenvalue weighted by Gasteiger charge is 2.13. The first-order chi connectivity index (χ1) is 12.9. The van der Waals surface area contributed by atoms with Crippen LogP contribution in [0.4, 0.5) is 0 Å². The van der Waals surface area contributed by atoms with Crippen LogP contribution < -0.4 is 0 Å². The summed E-state index contributed by atoms with van der Waals surface area (Å²) in [5.41, 5.74) is 1.92. The average molecular weight is 348 g/mol. The number of rotatable bonds is 10. The Labute approximate surface area is 156 Å². The largest absolute Gasteiger partial charge is 0.253 e. The van der Waals surface area contributed by atoms with Crippen LogP contribution in [0, 0.1) is 0 Å². The molecule has 0 unspecified atom stereocenters. The van der Waals surface area contributed by atoms with E-state index in [-0.39, 0.29) is 0 Å². The van der Waals surface area contributed by atoms with Crippen LogP contribution >= 0.6 is 0 Å². The summed E-state index contributed by atoms with van der Waals surface area (Å²) in [5, 5.41) is 4.77. The van der Waals surface area contributed by atoms with Gasteiger partial charge >= 0.3 is 0 Å². The van der Waals surface area contributed by atoms with E-state index in [1.807, 2.05) is 47.3 Å². The van der Waals surface area contributed by atoms with Gasteiger partial charge in [-0.3, -0.25) is 4.98 Å². The van der Waals surface area contributed by atoms with Crippen LogP contribution in [0.5, 0.6) is 0 Å². The second kappa shape index (κ2) is 9.85. The molecule has 4 heteroatoms. The zero-order chi connectivity index (χ0) is 18.0. The van der Waals surface area contributed by atoms with Crippen molar-refractivity contribution < 1.29 is 0 Å². The molecule has 0 fully saturated rings. The number of hydrogen-bond acceptors (Lipinski definition) is 3. The molecule has 0 N–H and O–H groups in total. The zero-order valence-corrected chi connectivity index (χ0v) is 15.6. The molecule has 4 nitrogen and oxygen atoms in total. The van der Waals surface area contributed by atoms with E-state index in [0.29, 0.717) is 0 Å². The van der Waals surface area contributed by atoms with Gasteiger partial charge in [0, 0.05) is 18.3 Å². The Morgan fingerprint density at radius 2 is 1.54 bits per heavy atom. The Bertz CT molecular complexity index is 765. The highest BCUT2D eigenvalue weighted by molar-refractivity contribution is 5.59. The van der Waals surface area contributed by atoms with E-state index >= 15 is 0 Å². The van der Waals surface area contributed by atoms with E-state index in [4.69, 9.17) is 10.1 Å². The number of nitrogens with zero attached hydrogens (tertiary/aromatic N) is 4. The molecule has 0 aliphatic carbocycles. The van der Waals surface area contributed by atoms with E-state index in [0.717, 1.165) is 35.9 Å². The lowest BCUT2D eigenvalue weighted by Gasteiger charge is -2.05. The van der Waals surface area contributed by atoms with Gasteiger partial charge in [0.1, 0.15) is 5.69 Å². The average Bonchev–Trinajstić information content (AvgIpc) is 3.13. The van der Waals surface area contributed by atoms with Gasteiger partial charge in [0.2, 0.25) is 0 Å². The van der Waals surface area contributed by atoms with Crippen molar-refractivity contribution in [2.24, 2.45) is 0 Å². The lowest BCUT2D eigenvalue weighted by Crippen LogP contribution is -2.04. The SMILES string of the molecule is CCCCCCCCCn1nc(-c2ccccc2)nc1-c1ccccn1. The summed E-state index contributed by atoms with van der Waals surface area (Å²) in [5.74, 6) is 1.63. The number of unbranched alkanes of at least 4 members (excludes halogenated alkanes) is 6. The molecule has 0 saturated heterocycles. The molecule has 0 radical (unpaired) electrons. The summed E-state index contributed by atoms with van der Waals surface area (Å²) in [6, 6.07) is 16.1. The fourth-order valence-electron chi connectivity index (χ4n) is 3.11. The number of aromatic nitrogens is 4. The van der Waals surface area contributed by atoms with Crippen LogP contribution in [0.25, 0.3) is 22.9 Å². The fourth-order valence-corrected chi connectivity index (χ4v) is 3.11. The quantitative estimate of drug-likeness (QED) is 0.438. The van der Waals surface area contributed by atoms with Gasteiger partial charge in [0.15, 0.2) is 11.6 Å².